The van der Waals surface area contributed by atoms with Crippen molar-refractivity contribution in [3.8, 4) is 5.75 Å². The Hall–Kier alpha value is -1.84. The average molecular weight is 177 g/mol. The highest BCUT2D eigenvalue weighted by atomic mass is 16.5. The van der Waals surface area contributed by atoms with Crippen LogP contribution in [0.4, 0.5) is 0 Å². The van der Waals surface area contributed by atoms with Crippen molar-refractivity contribution in [2.45, 2.75) is 0 Å². The Morgan fingerprint density at radius 3 is 3.08 bits per heavy atom. The van der Waals surface area contributed by atoms with Crippen LogP contribution in [0.5, 0.6) is 5.75 Å². The van der Waals surface area contributed by atoms with E-state index in [0.717, 1.165) is 0 Å². The lowest BCUT2D eigenvalue weighted by atomic mass is 10.2. The number of rotatable bonds is 2. The van der Waals surface area contributed by atoms with Crippen LogP contribution in [0.15, 0.2) is 22.7 Å². The Balaban J connectivity index is 2.79. The standard InChI is InChI=1S/C9H7NO3/c1-12-7-4-2-3-6-8(5-11)13-10-9(6)7/h2-5H,1H3. The van der Waals surface area contributed by atoms with Gasteiger partial charge in [0.05, 0.1) is 12.5 Å². The topological polar surface area (TPSA) is 52.3 Å². The largest absolute Gasteiger partial charge is 0.494 e. The number of carbonyl (C=O) groups excluding carboxylic acids is 1. The maximum atomic E-state index is 10.5. The molecule has 2 rings (SSSR count). The summed E-state index contributed by atoms with van der Waals surface area (Å²) in [5, 5.41) is 4.40. The van der Waals surface area contributed by atoms with Crippen molar-refractivity contribution in [2.75, 3.05) is 7.11 Å². The van der Waals surface area contributed by atoms with Crippen molar-refractivity contribution in [3.05, 3.63) is 24.0 Å². The van der Waals surface area contributed by atoms with Gasteiger partial charge in [0.15, 0.2) is 11.8 Å². The van der Waals surface area contributed by atoms with Gasteiger partial charge < -0.3 is 9.26 Å². The minimum Gasteiger partial charge on any atom is -0.494 e. The summed E-state index contributed by atoms with van der Waals surface area (Å²) in [6, 6.07) is 5.31. The second-order valence-electron chi connectivity index (χ2n) is 2.52. The van der Waals surface area contributed by atoms with E-state index in [9.17, 15) is 4.79 Å². The first kappa shape index (κ1) is 7.79. The van der Waals surface area contributed by atoms with Gasteiger partial charge in [-0.1, -0.05) is 11.2 Å². The molecule has 4 heteroatoms. The van der Waals surface area contributed by atoms with Gasteiger partial charge in [-0.2, -0.15) is 0 Å². The van der Waals surface area contributed by atoms with E-state index in [-0.39, 0.29) is 5.76 Å². The molecular formula is C9H7NO3. The smallest absolute Gasteiger partial charge is 0.207 e. The van der Waals surface area contributed by atoms with Gasteiger partial charge in [0, 0.05) is 0 Å². The predicted octanol–water partition coefficient (Wildman–Crippen LogP) is 1.65. The van der Waals surface area contributed by atoms with Crippen LogP contribution in [0.3, 0.4) is 0 Å². The Bertz CT molecular complexity index is 447. The lowest BCUT2D eigenvalue weighted by Gasteiger charge is -1.97. The molecule has 66 valence electrons. The van der Waals surface area contributed by atoms with E-state index < -0.39 is 0 Å². The van der Waals surface area contributed by atoms with E-state index in [0.29, 0.717) is 22.9 Å². The molecule has 0 bridgehead atoms. The molecule has 0 aliphatic heterocycles. The molecule has 1 aromatic heterocycles. The third-order valence-electron chi connectivity index (χ3n) is 1.83. The maximum absolute atomic E-state index is 10.5. The number of hydrogen-bond acceptors (Lipinski definition) is 4. The molecule has 0 aliphatic carbocycles. The molecule has 0 saturated carbocycles. The maximum Gasteiger partial charge on any atom is 0.207 e. The van der Waals surface area contributed by atoms with Gasteiger partial charge in [0.25, 0.3) is 0 Å². The number of hydrogen-bond donors (Lipinski definition) is 0. The first-order chi connectivity index (χ1) is 6.36. The van der Waals surface area contributed by atoms with Crippen molar-refractivity contribution < 1.29 is 14.1 Å². The van der Waals surface area contributed by atoms with Gasteiger partial charge in [-0.25, -0.2) is 0 Å². The van der Waals surface area contributed by atoms with Crippen molar-refractivity contribution in [3.63, 3.8) is 0 Å². The fraction of sp³-hybridized carbons (Fsp3) is 0.111. The molecular weight excluding hydrogens is 170 g/mol. The van der Waals surface area contributed by atoms with Crippen LogP contribution in [-0.2, 0) is 0 Å². The first-order valence-corrected chi connectivity index (χ1v) is 3.74. The van der Waals surface area contributed by atoms with Crippen LogP contribution in [-0.4, -0.2) is 18.6 Å². The summed E-state index contributed by atoms with van der Waals surface area (Å²) in [5.41, 5.74) is 0.576. The monoisotopic (exact) mass is 177 g/mol. The van der Waals surface area contributed by atoms with Crippen molar-refractivity contribution >= 4 is 17.2 Å². The molecule has 2 aromatic rings. The highest BCUT2D eigenvalue weighted by molar-refractivity contribution is 5.96. The highest BCUT2D eigenvalue weighted by Gasteiger charge is 2.10. The summed E-state index contributed by atoms with van der Waals surface area (Å²) in [5.74, 6) is 0.836. The van der Waals surface area contributed by atoms with E-state index in [1.165, 1.54) is 0 Å². The van der Waals surface area contributed by atoms with Crippen molar-refractivity contribution in [1.29, 1.82) is 0 Å². The molecule has 0 aliphatic rings. The number of nitrogens with zero attached hydrogens (tertiary/aromatic N) is 1. The fourth-order valence-corrected chi connectivity index (χ4v) is 1.21. The highest BCUT2D eigenvalue weighted by Crippen LogP contribution is 2.25. The van der Waals surface area contributed by atoms with E-state index in [1.54, 1.807) is 25.3 Å². The zero-order chi connectivity index (χ0) is 9.26. The van der Waals surface area contributed by atoms with Gasteiger partial charge in [-0.3, -0.25) is 4.79 Å². The molecule has 1 aromatic carbocycles. The number of carbonyl (C=O) groups is 1. The zero-order valence-corrected chi connectivity index (χ0v) is 6.98. The van der Waals surface area contributed by atoms with Gasteiger partial charge in [0.2, 0.25) is 5.76 Å². The van der Waals surface area contributed by atoms with Crippen LogP contribution in [0, 0.1) is 0 Å². The second-order valence-corrected chi connectivity index (χ2v) is 2.52. The van der Waals surface area contributed by atoms with Crippen molar-refractivity contribution in [1.82, 2.24) is 5.16 Å². The van der Waals surface area contributed by atoms with Crippen LogP contribution >= 0.6 is 0 Å². The lowest BCUT2D eigenvalue weighted by molar-refractivity contribution is 0.109. The van der Waals surface area contributed by atoms with Gasteiger partial charge in [-0.05, 0) is 12.1 Å². The SMILES string of the molecule is COc1cccc2c(C=O)onc12. The molecule has 4 nitrogen and oxygen atoms in total. The summed E-state index contributed by atoms with van der Waals surface area (Å²) < 4.78 is 9.86. The van der Waals surface area contributed by atoms with Gasteiger partial charge >= 0.3 is 0 Å². The lowest BCUT2D eigenvalue weighted by Crippen LogP contribution is -1.83. The normalized spacial score (nSPS) is 10.2. The van der Waals surface area contributed by atoms with Crippen molar-refractivity contribution in [2.24, 2.45) is 0 Å². The minimum atomic E-state index is 0.230. The first-order valence-electron chi connectivity index (χ1n) is 3.74. The number of aldehydes is 1. The molecule has 1 heterocycles. The van der Waals surface area contributed by atoms with Crippen LogP contribution in [0.1, 0.15) is 10.6 Å². The molecule has 0 atom stereocenters. The number of aromatic nitrogens is 1. The molecule has 0 saturated heterocycles. The summed E-state index contributed by atoms with van der Waals surface area (Å²) in [6.45, 7) is 0. The molecule has 0 radical (unpaired) electrons. The molecule has 0 N–H and O–H groups in total. The molecule has 0 spiro atoms. The number of methoxy groups -OCH3 is 1. The number of fused-ring (bicyclic) bond motifs is 1. The summed E-state index contributed by atoms with van der Waals surface area (Å²) in [6.07, 6.45) is 0.634. The van der Waals surface area contributed by atoms with Crippen LogP contribution in [0.2, 0.25) is 0 Å². The number of benzene rings is 1. The Labute approximate surface area is 74.1 Å². The van der Waals surface area contributed by atoms with Gasteiger partial charge in [-0.15, -0.1) is 0 Å². The van der Waals surface area contributed by atoms with Gasteiger partial charge in [0.1, 0.15) is 5.75 Å². The Morgan fingerprint density at radius 2 is 2.38 bits per heavy atom. The van der Waals surface area contributed by atoms with E-state index >= 15 is 0 Å². The Kier molecular flexibility index (Phi) is 1.73. The van der Waals surface area contributed by atoms with Crippen LogP contribution in [0.25, 0.3) is 10.9 Å². The average Bonchev–Trinajstić information content (AvgIpc) is 2.60. The molecule has 0 unspecified atom stereocenters. The third kappa shape index (κ3) is 1.07. The Morgan fingerprint density at radius 1 is 1.54 bits per heavy atom. The third-order valence-corrected chi connectivity index (χ3v) is 1.83. The molecule has 0 amide bonds. The summed E-state index contributed by atoms with van der Waals surface area (Å²) in [4.78, 5) is 10.5. The second kappa shape index (κ2) is 2.90. The molecule has 13 heavy (non-hydrogen) atoms. The van der Waals surface area contributed by atoms with E-state index in [2.05, 4.69) is 5.16 Å². The predicted molar refractivity (Wildman–Crippen MR) is 45.9 cm³/mol. The molecule has 0 fully saturated rings. The van der Waals surface area contributed by atoms with E-state index in [1.807, 2.05) is 0 Å². The minimum absolute atomic E-state index is 0.230. The van der Waals surface area contributed by atoms with E-state index in [4.69, 9.17) is 9.26 Å². The quantitative estimate of drug-likeness (QED) is 0.654. The van der Waals surface area contributed by atoms with Crippen LogP contribution < -0.4 is 4.74 Å². The number of ether oxygens (including phenoxy) is 1. The summed E-state index contributed by atoms with van der Waals surface area (Å²) >= 11 is 0. The fourth-order valence-electron chi connectivity index (χ4n) is 1.21. The summed E-state index contributed by atoms with van der Waals surface area (Å²) in [7, 11) is 1.55. The zero-order valence-electron chi connectivity index (χ0n) is 6.98.